The van der Waals surface area contributed by atoms with Crippen molar-refractivity contribution in [2.24, 2.45) is 5.73 Å². The first-order valence-electron chi connectivity index (χ1n) is 9.49. The second kappa shape index (κ2) is 8.73. The molecule has 0 bridgehead atoms. The minimum absolute atomic E-state index is 0. The summed E-state index contributed by atoms with van der Waals surface area (Å²) >= 11 is 12.8. The van der Waals surface area contributed by atoms with Crippen molar-refractivity contribution in [2.45, 2.75) is 18.4 Å². The normalized spacial score (nSPS) is 20.9. The predicted octanol–water partition coefficient (Wildman–Crippen LogP) is 3.19. The van der Waals surface area contributed by atoms with Gasteiger partial charge in [0.2, 0.25) is 5.91 Å². The molecule has 1 unspecified atom stereocenters. The molecule has 2 aromatic rings. The zero-order valence-corrected chi connectivity index (χ0v) is 18.4. The van der Waals surface area contributed by atoms with Gasteiger partial charge < -0.3 is 20.6 Å². The second-order valence-electron chi connectivity index (χ2n) is 7.41. The van der Waals surface area contributed by atoms with E-state index in [0.717, 1.165) is 25.9 Å². The van der Waals surface area contributed by atoms with Crippen molar-refractivity contribution in [1.82, 2.24) is 4.90 Å². The number of anilines is 1. The van der Waals surface area contributed by atoms with E-state index in [2.05, 4.69) is 4.90 Å². The number of hydrogen-bond acceptors (Lipinski definition) is 4. The molecule has 2 aliphatic heterocycles. The Morgan fingerprint density at radius 2 is 1.77 bits per heavy atom. The Hall–Kier alpha value is -1.83. The smallest absolute Gasteiger partial charge is 0.268 e. The maximum absolute atomic E-state index is 13.5. The van der Waals surface area contributed by atoms with Crippen molar-refractivity contribution in [3.05, 3.63) is 63.1 Å². The number of halogens is 3. The zero-order chi connectivity index (χ0) is 20.8. The Bertz CT molecular complexity index is 995. The molecule has 0 aromatic heterocycles. The molecule has 6 nitrogen and oxygen atoms in total. The van der Waals surface area contributed by atoms with E-state index in [0.29, 0.717) is 18.8 Å². The van der Waals surface area contributed by atoms with E-state index >= 15 is 0 Å². The third kappa shape index (κ3) is 3.67. The number of aliphatic hydroxyl groups is 1. The summed E-state index contributed by atoms with van der Waals surface area (Å²) in [6.45, 7) is 2.97. The number of hydrogen-bond donors (Lipinski definition) is 2. The van der Waals surface area contributed by atoms with E-state index < -0.39 is 17.4 Å². The number of likely N-dealkylation sites (tertiary alicyclic amines) is 1. The van der Waals surface area contributed by atoms with Crippen LogP contribution in [0.5, 0.6) is 0 Å². The quantitative estimate of drug-likeness (QED) is 0.702. The molecule has 160 valence electrons. The molecule has 9 heteroatoms. The van der Waals surface area contributed by atoms with E-state index in [1.54, 1.807) is 24.3 Å². The molecular weight excluding hydrogens is 449 g/mol. The lowest BCUT2D eigenvalue weighted by atomic mass is 9.87. The fraction of sp³-hybridized carbons (Fsp3) is 0.333. The maximum Gasteiger partial charge on any atom is 0.268 e. The lowest BCUT2D eigenvalue weighted by Crippen LogP contribution is -2.44. The summed E-state index contributed by atoms with van der Waals surface area (Å²) in [6, 6.07) is 9.53. The molecule has 0 aliphatic carbocycles. The molecule has 0 radical (unpaired) electrons. The molecule has 2 heterocycles. The molecule has 1 atom stereocenters. The highest BCUT2D eigenvalue weighted by Gasteiger charge is 2.53. The van der Waals surface area contributed by atoms with E-state index in [1.165, 1.54) is 17.0 Å². The molecule has 0 spiro atoms. The van der Waals surface area contributed by atoms with Gasteiger partial charge in [-0.2, -0.15) is 0 Å². The number of rotatable bonds is 5. The van der Waals surface area contributed by atoms with E-state index in [9.17, 15) is 14.7 Å². The lowest BCUT2D eigenvalue weighted by molar-refractivity contribution is -0.132. The SMILES string of the molecule is Cl.NC(=O)c1cc(Cl)c2c(c1)N(CCN1CCCC1)C(=O)C2(O)c1ccccc1Cl. The number of fused-ring (bicyclic) bond motifs is 1. The van der Waals surface area contributed by atoms with Gasteiger partial charge in [0, 0.05) is 34.8 Å². The highest BCUT2D eigenvalue weighted by atomic mass is 35.5. The summed E-state index contributed by atoms with van der Waals surface area (Å²) in [4.78, 5) is 29.0. The van der Waals surface area contributed by atoms with Crippen LogP contribution in [0.1, 0.15) is 34.3 Å². The van der Waals surface area contributed by atoms with Crippen LogP contribution in [0.25, 0.3) is 0 Å². The largest absolute Gasteiger partial charge is 0.372 e. The zero-order valence-electron chi connectivity index (χ0n) is 16.1. The first-order valence-corrected chi connectivity index (χ1v) is 10.2. The highest BCUT2D eigenvalue weighted by molar-refractivity contribution is 6.35. The number of carbonyl (C=O) groups excluding carboxylic acids is 2. The number of carbonyl (C=O) groups is 2. The molecule has 2 amide bonds. The third-order valence-corrected chi connectivity index (χ3v) is 6.29. The molecule has 30 heavy (non-hydrogen) atoms. The second-order valence-corrected chi connectivity index (χ2v) is 8.23. The van der Waals surface area contributed by atoms with Gasteiger partial charge in [-0.25, -0.2) is 0 Å². The summed E-state index contributed by atoms with van der Waals surface area (Å²) in [5.41, 5.74) is 4.45. The molecule has 0 saturated carbocycles. The number of benzene rings is 2. The topological polar surface area (TPSA) is 86.9 Å². The Balaban J connectivity index is 0.00000256. The van der Waals surface area contributed by atoms with Gasteiger partial charge in [0.15, 0.2) is 5.60 Å². The number of primary amides is 1. The minimum atomic E-state index is -2.04. The van der Waals surface area contributed by atoms with Crippen molar-refractivity contribution in [3.8, 4) is 0 Å². The first kappa shape index (κ1) is 22.8. The van der Waals surface area contributed by atoms with Gasteiger partial charge in [0.1, 0.15) is 0 Å². The van der Waals surface area contributed by atoms with Crippen LogP contribution in [-0.2, 0) is 10.4 Å². The van der Waals surface area contributed by atoms with Gasteiger partial charge in [0.05, 0.1) is 10.7 Å². The molecule has 3 N–H and O–H groups in total. The van der Waals surface area contributed by atoms with Gasteiger partial charge in [0.25, 0.3) is 5.91 Å². The number of nitrogens with two attached hydrogens (primary N) is 1. The van der Waals surface area contributed by atoms with E-state index in [-0.39, 0.29) is 39.1 Å². The summed E-state index contributed by atoms with van der Waals surface area (Å²) < 4.78 is 0. The summed E-state index contributed by atoms with van der Waals surface area (Å²) in [7, 11) is 0. The maximum atomic E-state index is 13.5. The Morgan fingerprint density at radius 1 is 1.10 bits per heavy atom. The van der Waals surface area contributed by atoms with Gasteiger partial charge in [-0.1, -0.05) is 41.4 Å². The first-order chi connectivity index (χ1) is 13.8. The van der Waals surface area contributed by atoms with Crippen molar-refractivity contribution in [3.63, 3.8) is 0 Å². The monoisotopic (exact) mass is 469 g/mol. The highest BCUT2D eigenvalue weighted by Crippen LogP contribution is 2.49. The van der Waals surface area contributed by atoms with Crippen LogP contribution in [-0.4, -0.2) is 48.0 Å². The van der Waals surface area contributed by atoms with Crippen molar-refractivity contribution in [1.29, 1.82) is 0 Å². The van der Waals surface area contributed by atoms with Gasteiger partial charge in [-0.15, -0.1) is 12.4 Å². The number of amides is 2. The Morgan fingerprint density at radius 3 is 2.40 bits per heavy atom. The van der Waals surface area contributed by atoms with Crippen LogP contribution in [0, 0.1) is 0 Å². The van der Waals surface area contributed by atoms with E-state index in [4.69, 9.17) is 28.9 Å². The van der Waals surface area contributed by atoms with Gasteiger partial charge in [-0.05, 0) is 44.1 Å². The summed E-state index contributed by atoms with van der Waals surface area (Å²) in [5.74, 6) is -1.20. The minimum Gasteiger partial charge on any atom is -0.372 e. The fourth-order valence-corrected chi connectivity index (χ4v) is 4.81. The number of nitrogens with zero attached hydrogens (tertiary/aromatic N) is 2. The van der Waals surface area contributed by atoms with Crippen LogP contribution in [0.4, 0.5) is 5.69 Å². The van der Waals surface area contributed by atoms with Gasteiger partial charge >= 0.3 is 0 Å². The van der Waals surface area contributed by atoms with E-state index in [1.807, 2.05) is 0 Å². The van der Waals surface area contributed by atoms with Crippen LogP contribution in [0.15, 0.2) is 36.4 Å². The summed E-state index contributed by atoms with van der Waals surface area (Å²) in [5, 5.41) is 12.0. The lowest BCUT2D eigenvalue weighted by Gasteiger charge is -2.26. The molecule has 2 aliphatic rings. The van der Waals surface area contributed by atoms with Crippen molar-refractivity contribution >= 4 is 53.1 Å². The standard InChI is InChI=1S/C21H21Cl2N3O3.ClH/c22-15-6-2-1-5-14(15)21(29)18-16(23)11-13(19(24)27)12-17(18)26(20(21)28)10-9-25-7-3-4-8-25;/h1-2,5-6,11-12,29H,3-4,7-10H2,(H2,24,27);1H. The molecule has 1 saturated heterocycles. The van der Waals surface area contributed by atoms with Crippen molar-refractivity contribution < 1.29 is 14.7 Å². The van der Waals surface area contributed by atoms with Crippen LogP contribution < -0.4 is 10.6 Å². The fourth-order valence-electron chi connectivity index (χ4n) is 4.19. The average molecular weight is 471 g/mol. The molecule has 4 rings (SSSR count). The Kier molecular flexibility index (Phi) is 6.65. The van der Waals surface area contributed by atoms with Gasteiger partial charge in [-0.3, -0.25) is 9.59 Å². The summed E-state index contributed by atoms with van der Waals surface area (Å²) in [6.07, 6.45) is 2.26. The molecular formula is C21H22Cl3N3O3. The van der Waals surface area contributed by atoms with Crippen LogP contribution >= 0.6 is 35.6 Å². The predicted molar refractivity (Wildman–Crippen MR) is 120 cm³/mol. The van der Waals surface area contributed by atoms with Crippen LogP contribution in [0.3, 0.4) is 0 Å². The molecule has 1 fully saturated rings. The Labute approximate surface area is 190 Å². The average Bonchev–Trinajstić information content (AvgIpc) is 3.27. The third-order valence-electron chi connectivity index (χ3n) is 5.66. The van der Waals surface area contributed by atoms with Crippen molar-refractivity contribution in [2.75, 3.05) is 31.1 Å². The van der Waals surface area contributed by atoms with Crippen LogP contribution in [0.2, 0.25) is 10.0 Å². The molecule has 2 aromatic carbocycles.